The molecular formula is GdOSrY. The molecule has 1 radical (unpaired) electrons. The normalized spacial score (nSPS) is 0. The molecule has 0 amide bonds. The third-order valence-corrected chi connectivity index (χ3v) is 0. The van der Waals surface area contributed by atoms with Crippen molar-refractivity contribution in [2.45, 2.75) is 0 Å². The van der Waals surface area contributed by atoms with Gasteiger partial charge in [0.25, 0.3) is 0 Å². The van der Waals surface area contributed by atoms with Crippen LogP contribution in [0.15, 0.2) is 0 Å². The van der Waals surface area contributed by atoms with Crippen LogP contribution in [0.5, 0.6) is 0 Å². The summed E-state index contributed by atoms with van der Waals surface area (Å²) in [5.74, 6) is 0. The van der Waals surface area contributed by atoms with Crippen LogP contribution in [-0.2, 0) is 38.2 Å². The predicted octanol–water partition coefficient (Wildman–Crippen LogP) is -0.502. The molecule has 0 aromatic heterocycles. The fraction of sp³-hybridized carbons (Fsp3) is 0. The summed E-state index contributed by atoms with van der Waals surface area (Å²) < 4.78 is 0. The topological polar surface area (TPSA) is 28.5 Å². The van der Waals surface area contributed by atoms with Crippen LogP contribution in [0.25, 0.3) is 0 Å². The molecule has 0 heterocycles. The van der Waals surface area contributed by atoms with E-state index in [9.17, 15) is 0 Å². The number of hydrogen-bond acceptors (Lipinski definition) is 0. The molecule has 0 aromatic rings. The van der Waals surface area contributed by atoms with Crippen LogP contribution in [0.4, 0.5) is 0 Å². The van der Waals surface area contributed by atoms with Crippen molar-refractivity contribution in [3.05, 3.63) is 0 Å². The Morgan fingerprint density at radius 3 is 1.00 bits per heavy atom. The fourth-order valence-corrected chi connectivity index (χ4v) is 0. The van der Waals surface area contributed by atoms with Gasteiger partial charge in [-0.15, -0.1) is 0 Å². The van der Waals surface area contributed by atoms with E-state index >= 15 is 0 Å². The Bertz CT molecular complexity index is 8.00. The molecule has 0 aliphatic heterocycles. The molecule has 0 saturated carbocycles. The van der Waals surface area contributed by atoms with Crippen molar-refractivity contribution < 1.29 is 78.1 Å². The zero-order valence-electron chi connectivity index (χ0n) is 2.05. The summed E-state index contributed by atoms with van der Waals surface area (Å²) in [6.45, 7) is 0. The van der Waals surface area contributed by atoms with Gasteiger partial charge in [-0.25, -0.2) is 0 Å². The van der Waals surface area contributed by atoms with Crippen molar-refractivity contribution in [1.82, 2.24) is 0 Å². The van der Waals surface area contributed by atoms with E-state index < -0.39 is 0 Å². The molecule has 0 bridgehead atoms. The monoisotopic (exact) mass is 351 g/mol. The van der Waals surface area contributed by atoms with Crippen LogP contribution < -0.4 is 0 Å². The van der Waals surface area contributed by atoms with Crippen molar-refractivity contribution in [2.24, 2.45) is 0 Å². The average Bonchev–Trinajstić information content (AvgIpc) is 0. The van der Waals surface area contributed by atoms with Crippen LogP contribution in [0.2, 0.25) is 0 Å². The summed E-state index contributed by atoms with van der Waals surface area (Å²) in [5, 5.41) is 0. The number of hydrogen-bond donors (Lipinski definition) is 0. The van der Waals surface area contributed by atoms with Crippen LogP contribution in [0, 0.1) is 39.9 Å². The van der Waals surface area contributed by atoms with Gasteiger partial charge in [-0.05, 0) is 0 Å². The maximum atomic E-state index is 0. The molecular weight excluding hydrogens is 350 g/mol. The van der Waals surface area contributed by atoms with E-state index in [1.807, 2.05) is 0 Å². The van der Waals surface area contributed by atoms with Crippen molar-refractivity contribution >= 4 is 45.5 Å². The molecule has 0 rings (SSSR count). The van der Waals surface area contributed by atoms with E-state index in [1.54, 1.807) is 0 Å². The van der Waals surface area contributed by atoms with E-state index in [0.717, 1.165) is 0 Å². The van der Waals surface area contributed by atoms with E-state index in [4.69, 9.17) is 0 Å². The first-order valence-corrected chi connectivity index (χ1v) is 0. The molecule has 0 aromatic carbocycles. The Kier molecular flexibility index (Phi) is 98.0. The Morgan fingerprint density at radius 1 is 1.00 bits per heavy atom. The molecule has 19 valence electrons. The van der Waals surface area contributed by atoms with E-state index in [-0.39, 0.29) is 124 Å². The summed E-state index contributed by atoms with van der Waals surface area (Å²) >= 11 is 0. The number of rotatable bonds is 0. The molecule has 0 aliphatic carbocycles. The molecule has 4 heavy (non-hydrogen) atoms. The maximum absolute atomic E-state index is 0. The standard InChI is InChI=1S/Gd.O.Sr.Y/q;-2;+2;. The second kappa shape index (κ2) is 15.8. The molecule has 0 unspecified atom stereocenters. The van der Waals surface area contributed by atoms with Gasteiger partial charge in [0.15, 0.2) is 0 Å². The van der Waals surface area contributed by atoms with Crippen molar-refractivity contribution in [1.29, 1.82) is 0 Å². The molecule has 0 atom stereocenters. The van der Waals surface area contributed by atoms with Crippen molar-refractivity contribution in [3.63, 3.8) is 0 Å². The van der Waals surface area contributed by atoms with Crippen molar-refractivity contribution in [2.75, 3.05) is 0 Å². The van der Waals surface area contributed by atoms with Crippen molar-refractivity contribution in [3.8, 4) is 0 Å². The third-order valence-electron chi connectivity index (χ3n) is 0. The average molecular weight is 350 g/mol. The minimum atomic E-state index is 0. The minimum Gasteiger partial charge on any atom is -2.00 e. The van der Waals surface area contributed by atoms with Gasteiger partial charge in [-0.2, -0.15) is 0 Å². The zero-order chi connectivity index (χ0) is 0. The molecule has 0 saturated heterocycles. The van der Waals surface area contributed by atoms with E-state index in [1.165, 1.54) is 0 Å². The van der Waals surface area contributed by atoms with Gasteiger partial charge in [-0.1, -0.05) is 0 Å². The minimum absolute atomic E-state index is 0. The quantitative estimate of drug-likeness (QED) is 0.528. The molecule has 0 spiro atoms. The summed E-state index contributed by atoms with van der Waals surface area (Å²) in [6.07, 6.45) is 0. The van der Waals surface area contributed by atoms with Gasteiger partial charge < -0.3 is 5.48 Å². The molecule has 0 N–H and O–H groups in total. The zero-order valence-corrected chi connectivity index (χ0v) is 10.6. The molecule has 0 fully saturated rings. The van der Waals surface area contributed by atoms with Crippen LogP contribution in [0.3, 0.4) is 0 Å². The second-order valence-electron chi connectivity index (χ2n) is 0. The smallest absolute Gasteiger partial charge is 2.00 e. The van der Waals surface area contributed by atoms with Gasteiger partial charge in [0.1, 0.15) is 0 Å². The molecule has 0 aliphatic rings. The van der Waals surface area contributed by atoms with E-state index in [2.05, 4.69) is 0 Å². The Morgan fingerprint density at radius 2 is 1.00 bits per heavy atom. The summed E-state index contributed by atoms with van der Waals surface area (Å²) in [4.78, 5) is 0. The Balaban J connectivity index is 0. The maximum Gasteiger partial charge on any atom is 2.00 e. The van der Waals surface area contributed by atoms with Crippen LogP contribution >= 0.6 is 0 Å². The van der Waals surface area contributed by atoms with Gasteiger partial charge in [0.2, 0.25) is 0 Å². The van der Waals surface area contributed by atoms with Gasteiger partial charge >= 0.3 is 45.5 Å². The van der Waals surface area contributed by atoms with Gasteiger partial charge in [-0.3, -0.25) is 0 Å². The summed E-state index contributed by atoms with van der Waals surface area (Å²) in [7, 11) is 0. The molecule has 4 heteroatoms. The first-order valence-electron chi connectivity index (χ1n) is 0. The summed E-state index contributed by atoms with van der Waals surface area (Å²) in [6, 6.07) is 0. The second-order valence-corrected chi connectivity index (χ2v) is 0. The first-order chi connectivity index (χ1) is 0. The predicted molar refractivity (Wildman–Crippen MR) is 6.44 cm³/mol. The fourth-order valence-electron chi connectivity index (χ4n) is 0. The van der Waals surface area contributed by atoms with Gasteiger partial charge in [0, 0.05) is 72.6 Å². The third kappa shape index (κ3) is 9.29. The first kappa shape index (κ1) is 24.8. The van der Waals surface area contributed by atoms with E-state index in [0.29, 0.717) is 0 Å². The molecule has 1 nitrogen and oxygen atoms in total. The van der Waals surface area contributed by atoms with Crippen LogP contribution in [0.1, 0.15) is 0 Å². The van der Waals surface area contributed by atoms with Gasteiger partial charge in [0.05, 0.1) is 0 Å². The largest absolute Gasteiger partial charge is 2.00 e. The Labute approximate surface area is 120 Å². The SMILES string of the molecule is [Gd].[O-2].[Sr+2].[Y]. The summed E-state index contributed by atoms with van der Waals surface area (Å²) in [5.41, 5.74) is 0. The Hall–Kier alpha value is 3.87. The van der Waals surface area contributed by atoms with Crippen LogP contribution in [-0.4, -0.2) is 45.5 Å².